The maximum absolute atomic E-state index is 2.47. The van der Waals surface area contributed by atoms with Gasteiger partial charge in [0, 0.05) is 0 Å². The Morgan fingerprint density at radius 2 is 1.38 bits per heavy atom. The third-order valence-corrected chi connectivity index (χ3v) is 5.77. The number of hydrogen-bond donors (Lipinski definition) is 0. The van der Waals surface area contributed by atoms with Gasteiger partial charge in [0.05, 0.1) is 0 Å². The van der Waals surface area contributed by atoms with Crippen LogP contribution < -0.4 is 0 Å². The van der Waals surface area contributed by atoms with E-state index in [1.165, 1.54) is 23.1 Å². The summed E-state index contributed by atoms with van der Waals surface area (Å²) >= 11 is 0. The van der Waals surface area contributed by atoms with E-state index < -0.39 is 0 Å². The van der Waals surface area contributed by atoms with Gasteiger partial charge in [-0.05, 0) is 47.2 Å². The van der Waals surface area contributed by atoms with Gasteiger partial charge in [-0.15, -0.1) is 0 Å². The summed E-state index contributed by atoms with van der Waals surface area (Å²) in [6.45, 7) is 28.6. The van der Waals surface area contributed by atoms with Crippen molar-refractivity contribution in [1.29, 1.82) is 0 Å². The molecule has 0 saturated heterocycles. The molecule has 152 valence electrons. The van der Waals surface area contributed by atoms with E-state index in [9.17, 15) is 0 Å². The minimum absolute atomic E-state index is 0.185. The molecule has 0 aromatic heterocycles. The lowest BCUT2D eigenvalue weighted by molar-refractivity contribution is 0.122. The molecule has 0 bridgehead atoms. The van der Waals surface area contributed by atoms with Crippen molar-refractivity contribution in [3.63, 3.8) is 0 Å². The van der Waals surface area contributed by atoms with Gasteiger partial charge >= 0.3 is 0 Å². The van der Waals surface area contributed by atoms with Crippen LogP contribution in [0.2, 0.25) is 0 Å². The molecule has 0 fully saturated rings. The molecule has 26 heavy (non-hydrogen) atoms. The highest BCUT2D eigenvalue weighted by Gasteiger charge is 2.42. The zero-order valence-corrected chi connectivity index (χ0v) is 20.2. The molecule has 0 aliphatic heterocycles. The summed E-state index contributed by atoms with van der Waals surface area (Å²) < 4.78 is 0. The largest absolute Gasteiger partial charge is 0.0779 e. The topological polar surface area (TPSA) is 0 Å². The molecule has 0 aromatic carbocycles. The molecule has 2 aliphatic carbocycles. The van der Waals surface area contributed by atoms with Crippen molar-refractivity contribution >= 4 is 0 Å². The molecule has 0 aromatic rings. The number of hydrogen-bond acceptors (Lipinski definition) is 0. The summed E-state index contributed by atoms with van der Waals surface area (Å²) in [6.07, 6.45) is 12.9. The quantitative estimate of drug-likeness (QED) is 0.404. The summed E-state index contributed by atoms with van der Waals surface area (Å²) in [5, 5.41) is 0. The van der Waals surface area contributed by atoms with Crippen LogP contribution in [0.4, 0.5) is 0 Å². The first-order chi connectivity index (χ1) is 12.1. The summed E-state index contributed by atoms with van der Waals surface area (Å²) in [5.74, 6) is 1.16. The SMILES string of the molecule is C/C1=C/C2=CC=CC(C)C=C2C(C)(C)C(C)(C)CC1C.CC.CC.CC. The first kappa shape index (κ1) is 27.2. The molecular weight excluding hydrogens is 312 g/mol. The normalized spacial score (nSPS) is 27.3. The van der Waals surface area contributed by atoms with Crippen LogP contribution in [0.3, 0.4) is 0 Å². The minimum Gasteiger partial charge on any atom is -0.0779 e. The van der Waals surface area contributed by atoms with E-state index in [-0.39, 0.29) is 10.8 Å². The second-order valence-corrected chi connectivity index (χ2v) is 7.95. The Morgan fingerprint density at radius 3 is 1.88 bits per heavy atom. The van der Waals surface area contributed by atoms with E-state index in [1.807, 2.05) is 41.5 Å². The summed E-state index contributed by atoms with van der Waals surface area (Å²) in [4.78, 5) is 0. The second kappa shape index (κ2) is 12.4. The van der Waals surface area contributed by atoms with E-state index in [0.29, 0.717) is 11.8 Å². The van der Waals surface area contributed by atoms with Crippen LogP contribution in [0.1, 0.15) is 96.4 Å². The predicted octanol–water partition coefficient (Wildman–Crippen LogP) is 9.16. The Morgan fingerprint density at radius 1 is 0.885 bits per heavy atom. The van der Waals surface area contributed by atoms with Crippen LogP contribution in [0.15, 0.2) is 47.1 Å². The van der Waals surface area contributed by atoms with Gasteiger partial charge in [0.1, 0.15) is 0 Å². The van der Waals surface area contributed by atoms with Crippen LogP contribution in [0.25, 0.3) is 0 Å². The van der Waals surface area contributed by atoms with Crippen LogP contribution >= 0.6 is 0 Å². The van der Waals surface area contributed by atoms with Crippen molar-refractivity contribution in [3.05, 3.63) is 47.1 Å². The van der Waals surface area contributed by atoms with Crippen molar-refractivity contribution in [2.24, 2.45) is 22.7 Å². The highest BCUT2D eigenvalue weighted by atomic mass is 14.5. The third-order valence-electron chi connectivity index (χ3n) is 5.77. The Labute approximate surface area is 166 Å². The number of allylic oxidation sites excluding steroid dienone is 8. The van der Waals surface area contributed by atoms with Crippen LogP contribution in [-0.2, 0) is 0 Å². The zero-order chi connectivity index (χ0) is 21.1. The van der Waals surface area contributed by atoms with E-state index in [4.69, 9.17) is 0 Å². The fourth-order valence-corrected chi connectivity index (χ4v) is 3.47. The monoisotopic (exact) mass is 360 g/mol. The predicted molar refractivity (Wildman–Crippen MR) is 124 cm³/mol. The van der Waals surface area contributed by atoms with Crippen LogP contribution in [0, 0.1) is 22.7 Å². The van der Waals surface area contributed by atoms with Crippen molar-refractivity contribution in [2.75, 3.05) is 0 Å². The minimum atomic E-state index is 0.185. The zero-order valence-electron chi connectivity index (χ0n) is 20.2. The molecule has 2 rings (SSSR count). The maximum Gasteiger partial charge on any atom is -0.00492 e. The van der Waals surface area contributed by atoms with Gasteiger partial charge in [-0.1, -0.05) is 119 Å². The van der Waals surface area contributed by atoms with E-state index in [2.05, 4.69) is 78.8 Å². The molecule has 0 radical (unpaired) electrons. The van der Waals surface area contributed by atoms with E-state index >= 15 is 0 Å². The first-order valence-electron chi connectivity index (χ1n) is 10.9. The highest BCUT2D eigenvalue weighted by Crippen LogP contribution is 2.53. The molecule has 2 atom stereocenters. The molecule has 0 amide bonds. The Bertz CT molecular complexity index is 506. The van der Waals surface area contributed by atoms with Gasteiger partial charge in [0.15, 0.2) is 0 Å². The molecule has 0 heteroatoms. The van der Waals surface area contributed by atoms with Crippen molar-refractivity contribution in [1.82, 2.24) is 0 Å². The summed E-state index contributed by atoms with van der Waals surface area (Å²) in [5.41, 5.74) is 4.91. The van der Waals surface area contributed by atoms with E-state index in [0.717, 1.165) is 0 Å². The molecule has 0 heterocycles. The smallest absolute Gasteiger partial charge is 0.00492 e. The summed E-state index contributed by atoms with van der Waals surface area (Å²) in [6, 6.07) is 0. The van der Waals surface area contributed by atoms with Gasteiger partial charge in [-0.2, -0.15) is 0 Å². The average Bonchev–Trinajstić information content (AvgIpc) is 2.80. The molecular formula is C26H48. The molecule has 0 N–H and O–H groups in total. The van der Waals surface area contributed by atoms with Crippen molar-refractivity contribution in [3.8, 4) is 0 Å². The lowest BCUT2D eigenvalue weighted by Crippen LogP contribution is -2.37. The van der Waals surface area contributed by atoms with Gasteiger partial charge in [0.2, 0.25) is 0 Å². The van der Waals surface area contributed by atoms with Crippen LogP contribution in [-0.4, -0.2) is 0 Å². The highest BCUT2D eigenvalue weighted by molar-refractivity contribution is 5.50. The van der Waals surface area contributed by atoms with Crippen molar-refractivity contribution < 1.29 is 0 Å². The molecule has 0 nitrogen and oxygen atoms in total. The fraction of sp³-hybridized carbons (Fsp3) is 0.692. The molecule has 0 saturated carbocycles. The van der Waals surface area contributed by atoms with Gasteiger partial charge < -0.3 is 0 Å². The standard InChI is InChI=1S/C20H30.3C2H6/c1-14-9-8-10-17-12-15(2)16(3)13-19(4,5)20(6,7)18(17)11-14;3*1-2/h8-12,14,16H,13H2,1-7H3;3*1-2H3/b15-12-;;;. The summed E-state index contributed by atoms with van der Waals surface area (Å²) in [7, 11) is 0. The van der Waals surface area contributed by atoms with Gasteiger partial charge in [-0.25, -0.2) is 0 Å². The fourth-order valence-electron chi connectivity index (χ4n) is 3.47. The number of fused-ring (bicyclic) bond motifs is 1. The molecule has 0 spiro atoms. The van der Waals surface area contributed by atoms with E-state index in [1.54, 1.807) is 0 Å². The van der Waals surface area contributed by atoms with Gasteiger partial charge in [0.25, 0.3) is 0 Å². The Hall–Kier alpha value is -1.04. The second-order valence-electron chi connectivity index (χ2n) is 7.95. The van der Waals surface area contributed by atoms with Crippen molar-refractivity contribution in [2.45, 2.75) is 96.4 Å². The number of rotatable bonds is 0. The molecule has 2 aliphatic rings. The van der Waals surface area contributed by atoms with Crippen LogP contribution in [0.5, 0.6) is 0 Å². The average molecular weight is 361 g/mol. The maximum atomic E-state index is 2.47. The lowest BCUT2D eigenvalue weighted by Gasteiger charge is -2.47. The van der Waals surface area contributed by atoms with Gasteiger partial charge in [-0.3, -0.25) is 0 Å². The molecule has 2 unspecified atom stereocenters. The lowest BCUT2D eigenvalue weighted by atomic mass is 9.57. The Kier molecular flexibility index (Phi) is 12.9. The Balaban J connectivity index is 0. The first-order valence-corrected chi connectivity index (χ1v) is 10.9. The third kappa shape index (κ3) is 6.60.